The fraction of sp³-hybridized carbons (Fsp3) is 0.450. The van der Waals surface area contributed by atoms with Crippen molar-refractivity contribution in [1.29, 1.82) is 0 Å². The smallest absolute Gasteiger partial charge is 0.284 e. The Bertz CT molecular complexity index is 1000. The normalized spacial score (nSPS) is 11.5. The Morgan fingerprint density at radius 1 is 1.15 bits per heavy atom. The summed E-state index contributed by atoms with van der Waals surface area (Å²) in [6, 6.07) is 7.59. The summed E-state index contributed by atoms with van der Waals surface area (Å²) < 4.78 is 9.24. The fourth-order valence-corrected chi connectivity index (χ4v) is 3.36. The van der Waals surface area contributed by atoms with Gasteiger partial charge in [-0.15, -0.1) is 0 Å². The molecule has 7 nitrogen and oxygen atoms in total. The molecule has 1 aromatic carbocycles. The van der Waals surface area contributed by atoms with Gasteiger partial charge in [0, 0.05) is 13.6 Å². The summed E-state index contributed by atoms with van der Waals surface area (Å²) >= 11 is 0. The third-order valence-corrected chi connectivity index (χ3v) is 4.86. The van der Waals surface area contributed by atoms with Crippen LogP contribution in [0.25, 0.3) is 16.7 Å². The summed E-state index contributed by atoms with van der Waals surface area (Å²) in [7, 11) is 1.77. The fourth-order valence-electron chi connectivity index (χ4n) is 3.36. The Morgan fingerprint density at radius 3 is 2.56 bits per heavy atom. The van der Waals surface area contributed by atoms with Crippen LogP contribution in [-0.2, 0) is 7.05 Å². The van der Waals surface area contributed by atoms with Crippen LogP contribution < -0.4 is 10.3 Å². The lowest BCUT2D eigenvalue weighted by molar-refractivity contribution is 0.222. The van der Waals surface area contributed by atoms with Crippen LogP contribution in [0, 0.1) is 13.8 Å². The number of likely N-dealkylation sites (N-methyl/N-ethyl adjacent to an activating group) is 1. The average molecular weight is 369 g/mol. The van der Waals surface area contributed by atoms with Gasteiger partial charge in [-0.25, -0.2) is 4.98 Å². The van der Waals surface area contributed by atoms with Crippen molar-refractivity contribution in [2.75, 3.05) is 26.2 Å². The highest BCUT2D eigenvalue weighted by Crippen LogP contribution is 2.23. The van der Waals surface area contributed by atoms with E-state index in [-0.39, 0.29) is 5.56 Å². The quantitative estimate of drug-likeness (QED) is 0.640. The lowest BCUT2D eigenvalue weighted by Gasteiger charge is -2.19. The van der Waals surface area contributed by atoms with E-state index in [2.05, 4.69) is 28.8 Å². The van der Waals surface area contributed by atoms with Gasteiger partial charge in [-0.1, -0.05) is 26.0 Å². The molecule has 0 aliphatic carbocycles. The van der Waals surface area contributed by atoms with E-state index in [0.717, 1.165) is 25.3 Å². The molecule has 0 N–H and O–H groups in total. The van der Waals surface area contributed by atoms with Crippen molar-refractivity contribution < 1.29 is 4.74 Å². The molecule has 0 saturated heterocycles. The van der Waals surface area contributed by atoms with Crippen molar-refractivity contribution in [3.05, 3.63) is 46.1 Å². The summed E-state index contributed by atoms with van der Waals surface area (Å²) in [5.74, 6) is 1.29. The summed E-state index contributed by atoms with van der Waals surface area (Å²) in [5.41, 5.74) is 2.46. The first-order valence-electron chi connectivity index (χ1n) is 9.35. The standard InChI is InChI=1S/C20H27N5O2/c1-6-24(7-2)12-13-27-17-11-9-8-10-16(17)25-15(4)21-18-14(3)22-23(5)19(18)20(25)26/h8-11H,6-7,12-13H2,1-5H3. The highest BCUT2D eigenvalue weighted by molar-refractivity contribution is 5.77. The van der Waals surface area contributed by atoms with Gasteiger partial charge in [-0.3, -0.25) is 14.0 Å². The van der Waals surface area contributed by atoms with Crippen LogP contribution >= 0.6 is 0 Å². The van der Waals surface area contributed by atoms with Gasteiger partial charge in [-0.05, 0) is 39.1 Å². The lowest BCUT2D eigenvalue weighted by Crippen LogP contribution is -2.28. The molecule has 2 aromatic heterocycles. The van der Waals surface area contributed by atoms with Gasteiger partial charge >= 0.3 is 0 Å². The molecule has 0 atom stereocenters. The molecule has 0 amide bonds. The van der Waals surface area contributed by atoms with Crippen molar-refractivity contribution >= 4 is 11.0 Å². The van der Waals surface area contributed by atoms with Crippen LogP contribution in [0.3, 0.4) is 0 Å². The molecule has 2 heterocycles. The number of nitrogens with zero attached hydrogens (tertiary/aromatic N) is 5. The molecule has 144 valence electrons. The third kappa shape index (κ3) is 3.60. The van der Waals surface area contributed by atoms with Crippen LogP contribution in [0.5, 0.6) is 5.75 Å². The van der Waals surface area contributed by atoms with Crippen LogP contribution in [0.1, 0.15) is 25.4 Å². The summed E-state index contributed by atoms with van der Waals surface area (Å²) in [6.07, 6.45) is 0. The number of hydrogen-bond donors (Lipinski definition) is 0. The van der Waals surface area contributed by atoms with E-state index < -0.39 is 0 Å². The molecular weight excluding hydrogens is 342 g/mol. The van der Waals surface area contributed by atoms with E-state index in [1.807, 2.05) is 38.1 Å². The minimum atomic E-state index is -0.139. The second kappa shape index (κ2) is 7.92. The van der Waals surface area contributed by atoms with Gasteiger partial charge in [0.15, 0.2) is 5.52 Å². The number of aryl methyl sites for hydroxylation is 3. The molecule has 0 saturated carbocycles. The van der Waals surface area contributed by atoms with Crippen LogP contribution in [-0.4, -0.2) is 50.5 Å². The topological polar surface area (TPSA) is 65.2 Å². The maximum absolute atomic E-state index is 13.2. The Labute approximate surface area is 159 Å². The number of para-hydroxylation sites is 2. The van der Waals surface area contributed by atoms with Crippen molar-refractivity contribution in [3.63, 3.8) is 0 Å². The van der Waals surface area contributed by atoms with E-state index in [0.29, 0.717) is 34.9 Å². The van der Waals surface area contributed by atoms with Crippen LogP contribution in [0.15, 0.2) is 29.1 Å². The van der Waals surface area contributed by atoms with Gasteiger partial charge in [0.2, 0.25) is 0 Å². The second-order valence-corrected chi connectivity index (χ2v) is 6.55. The van der Waals surface area contributed by atoms with Crippen LogP contribution in [0.2, 0.25) is 0 Å². The molecule has 0 radical (unpaired) electrons. The minimum Gasteiger partial charge on any atom is -0.490 e. The number of aromatic nitrogens is 4. The summed E-state index contributed by atoms with van der Waals surface area (Å²) in [5, 5.41) is 4.34. The zero-order valence-electron chi connectivity index (χ0n) is 16.7. The maximum Gasteiger partial charge on any atom is 0.284 e. The molecule has 0 fully saturated rings. The van der Waals surface area contributed by atoms with Crippen molar-refractivity contribution in [3.8, 4) is 11.4 Å². The third-order valence-electron chi connectivity index (χ3n) is 4.86. The highest BCUT2D eigenvalue weighted by Gasteiger charge is 2.18. The number of rotatable bonds is 7. The molecule has 27 heavy (non-hydrogen) atoms. The summed E-state index contributed by atoms with van der Waals surface area (Å²) in [6.45, 7) is 11.3. The van der Waals surface area contributed by atoms with Gasteiger partial charge in [0.25, 0.3) is 5.56 Å². The molecule has 0 unspecified atom stereocenters. The SMILES string of the molecule is CCN(CC)CCOc1ccccc1-n1c(C)nc2c(C)nn(C)c2c1=O. The van der Waals surface area contributed by atoms with E-state index in [4.69, 9.17) is 4.74 Å². The van der Waals surface area contributed by atoms with E-state index in [1.54, 1.807) is 16.3 Å². The molecule has 7 heteroatoms. The lowest BCUT2D eigenvalue weighted by atomic mass is 10.2. The zero-order chi connectivity index (χ0) is 19.6. The number of benzene rings is 1. The summed E-state index contributed by atoms with van der Waals surface area (Å²) in [4.78, 5) is 20.1. The first-order valence-corrected chi connectivity index (χ1v) is 9.35. The van der Waals surface area contributed by atoms with E-state index in [9.17, 15) is 4.79 Å². The van der Waals surface area contributed by atoms with Gasteiger partial charge in [0.05, 0.1) is 11.4 Å². The van der Waals surface area contributed by atoms with Crippen LogP contribution in [0.4, 0.5) is 0 Å². The average Bonchev–Trinajstić information content (AvgIpc) is 2.93. The predicted octanol–water partition coefficient (Wildman–Crippen LogP) is 2.46. The molecular formula is C20H27N5O2. The molecule has 0 bridgehead atoms. The van der Waals surface area contributed by atoms with E-state index in [1.165, 1.54) is 0 Å². The maximum atomic E-state index is 13.2. The first kappa shape index (κ1) is 19.1. The van der Waals surface area contributed by atoms with Crippen molar-refractivity contribution in [1.82, 2.24) is 24.2 Å². The second-order valence-electron chi connectivity index (χ2n) is 6.55. The Morgan fingerprint density at radius 2 is 1.85 bits per heavy atom. The van der Waals surface area contributed by atoms with Gasteiger partial charge < -0.3 is 9.64 Å². The number of ether oxygens (including phenoxy) is 1. The Kier molecular flexibility index (Phi) is 5.60. The number of hydrogen-bond acceptors (Lipinski definition) is 5. The molecule has 0 aliphatic rings. The Hall–Kier alpha value is -2.67. The highest BCUT2D eigenvalue weighted by atomic mass is 16.5. The Balaban J connectivity index is 2.02. The predicted molar refractivity (Wildman–Crippen MR) is 107 cm³/mol. The van der Waals surface area contributed by atoms with Gasteiger partial charge in [0.1, 0.15) is 23.7 Å². The monoisotopic (exact) mass is 369 g/mol. The molecule has 0 aliphatic heterocycles. The minimum absolute atomic E-state index is 0.139. The number of fused-ring (bicyclic) bond motifs is 1. The van der Waals surface area contributed by atoms with Crippen molar-refractivity contribution in [2.45, 2.75) is 27.7 Å². The molecule has 0 spiro atoms. The molecule has 3 rings (SSSR count). The van der Waals surface area contributed by atoms with Gasteiger partial charge in [-0.2, -0.15) is 5.10 Å². The molecule has 3 aromatic rings. The zero-order valence-corrected chi connectivity index (χ0v) is 16.7. The largest absolute Gasteiger partial charge is 0.490 e. The first-order chi connectivity index (χ1) is 13.0. The van der Waals surface area contributed by atoms with E-state index >= 15 is 0 Å². The van der Waals surface area contributed by atoms with Crippen molar-refractivity contribution in [2.24, 2.45) is 7.05 Å².